The topological polar surface area (TPSA) is 24.4 Å². The van der Waals surface area contributed by atoms with Gasteiger partial charge in [0.1, 0.15) is 0 Å². The first kappa shape index (κ1) is 2.31. The van der Waals surface area contributed by atoms with Gasteiger partial charge in [-0.1, -0.05) is 0 Å². The highest BCUT2D eigenvalue weighted by molar-refractivity contribution is 5.71. The van der Waals surface area contributed by atoms with Gasteiger partial charge in [0.2, 0.25) is 0 Å². The second kappa shape index (κ2) is 2.18. The molecule has 0 radical (unpaired) electrons. The van der Waals surface area contributed by atoms with Crippen molar-refractivity contribution in [2.45, 2.75) is 0 Å². The van der Waals surface area contributed by atoms with E-state index in [1.165, 1.54) is 18.6 Å². The molecule has 0 atom stereocenters. The Labute approximate surface area is 45.1 Å². The Morgan fingerprint density at radius 3 is 3.71 bits per heavy atom. The maximum absolute atomic E-state index is 7.01. The van der Waals surface area contributed by atoms with Crippen molar-refractivity contribution in [2.24, 2.45) is 4.99 Å². The minimum atomic E-state index is 0.0926. The average Bonchev–Trinajstić information content (AvgIpc) is 1.93. The summed E-state index contributed by atoms with van der Waals surface area (Å²) in [5.41, 5.74) is 0. The van der Waals surface area contributed by atoms with E-state index < -0.39 is 0 Å². The van der Waals surface area contributed by atoms with Crippen molar-refractivity contribution in [3.63, 3.8) is 0 Å². The summed E-state index contributed by atoms with van der Waals surface area (Å²) < 4.78 is 14.0. The predicted octanol–water partition coefficient (Wildman–Crippen LogP) is 0.645. The lowest BCUT2D eigenvalue weighted by Crippen LogP contribution is -1.87. The van der Waals surface area contributed by atoms with Crippen LogP contribution in [-0.2, 0) is 0 Å². The number of hydrogen-bond donors (Lipinski definition) is 1. The third-order valence-electron chi connectivity index (χ3n) is 0.540. The smallest absolute Gasteiger partial charge is 0.165 e. The monoisotopic (exact) mass is 96.1 g/mol. The first-order valence-electron chi connectivity index (χ1n) is 2.90. The second-order valence-corrected chi connectivity index (χ2v) is 1.03. The molecule has 0 amide bonds. The molecule has 2 nitrogen and oxygen atoms in total. The average molecular weight is 96.1 g/mol. The van der Waals surface area contributed by atoms with Crippen LogP contribution in [0.4, 0.5) is 0 Å². The number of nitrogens with one attached hydrogen (secondary N) is 1. The quantitative estimate of drug-likeness (QED) is 0.470. The number of nitrogens with zero attached hydrogens (tertiary/aromatic N) is 1. The Kier molecular flexibility index (Phi) is 0.719. The molecule has 0 aliphatic carbocycles. The Bertz CT molecular complexity index is 183. The summed E-state index contributed by atoms with van der Waals surface area (Å²) >= 11 is 0. The van der Waals surface area contributed by atoms with E-state index in [2.05, 4.69) is 4.99 Å². The number of aliphatic imine (C=N–C) groups is 1. The van der Waals surface area contributed by atoms with Crippen molar-refractivity contribution in [1.29, 1.82) is 0 Å². The van der Waals surface area contributed by atoms with Gasteiger partial charge in [0.15, 0.2) is 1.41 Å². The Morgan fingerprint density at radius 1 is 1.71 bits per heavy atom. The third-order valence-corrected chi connectivity index (χ3v) is 0.540. The highest BCUT2D eigenvalue weighted by atomic mass is 14.8. The molecule has 0 aromatic carbocycles. The standard InChI is InChI=1S/C5H6N2/c1-2-6-4-5-7-3-1/h1-6H/i5D/hD. The molecule has 7 heavy (non-hydrogen) atoms. The summed E-state index contributed by atoms with van der Waals surface area (Å²) in [5.74, 6) is 0. The lowest BCUT2D eigenvalue weighted by Gasteiger charge is -1.78. The van der Waals surface area contributed by atoms with Crippen LogP contribution in [0.1, 0.15) is 1.37 Å². The van der Waals surface area contributed by atoms with Crippen LogP contribution < -0.4 is 5.31 Å². The van der Waals surface area contributed by atoms with Gasteiger partial charge in [-0.05, 0) is 6.08 Å². The molecule has 0 aromatic rings. The van der Waals surface area contributed by atoms with Gasteiger partial charge in [-0.3, -0.25) is 4.99 Å². The van der Waals surface area contributed by atoms with Crippen LogP contribution in [0.15, 0.2) is 29.6 Å². The van der Waals surface area contributed by atoms with Crippen molar-refractivity contribution >= 4 is 6.21 Å². The van der Waals surface area contributed by atoms with Gasteiger partial charge in [0.05, 0.1) is 1.37 Å². The van der Waals surface area contributed by atoms with Gasteiger partial charge < -0.3 is 5.31 Å². The van der Waals surface area contributed by atoms with E-state index in [9.17, 15) is 0 Å². The molecule has 0 fully saturated rings. The summed E-state index contributed by atoms with van der Waals surface area (Å²) in [6, 6.07) is 0. The van der Waals surface area contributed by atoms with Crippen LogP contribution in [0.5, 0.6) is 0 Å². The molecule has 0 bridgehead atoms. The number of hydrogen-bond acceptors (Lipinski definition) is 2. The summed E-state index contributed by atoms with van der Waals surface area (Å²) in [6.45, 7) is 0. The van der Waals surface area contributed by atoms with Gasteiger partial charge in [-0.2, -0.15) is 0 Å². The fourth-order valence-electron chi connectivity index (χ4n) is 0.284. The van der Waals surface area contributed by atoms with E-state index in [0.29, 0.717) is 0 Å². The van der Waals surface area contributed by atoms with Gasteiger partial charge >= 0.3 is 0 Å². The van der Waals surface area contributed by atoms with Gasteiger partial charge in [-0.25, -0.2) is 0 Å². The van der Waals surface area contributed by atoms with Crippen LogP contribution in [0.2, 0.25) is 1.41 Å². The number of rotatable bonds is 0. The zero-order valence-electron chi connectivity index (χ0n) is 5.70. The maximum Gasteiger partial charge on any atom is 0.165 e. The van der Waals surface area contributed by atoms with Crippen LogP contribution in [0.25, 0.3) is 0 Å². The molecule has 0 saturated heterocycles. The van der Waals surface area contributed by atoms with E-state index in [4.69, 9.17) is 2.78 Å². The van der Waals surface area contributed by atoms with Crippen molar-refractivity contribution in [3.8, 4) is 0 Å². The zero-order valence-corrected chi connectivity index (χ0v) is 3.70. The van der Waals surface area contributed by atoms with Crippen molar-refractivity contribution in [3.05, 3.63) is 24.7 Å². The molecule has 36 valence electrons. The van der Waals surface area contributed by atoms with Crippen LogP contribution >= 0.6 is 0 Å². The maximum atomic E-state index is 7.01. The first-order valence-corrected chi connectivity index (χ1v) is 1.95. The van der Waals surface area contributed by atoms with Crippen molar-refractivity contribution in [2.75, 3.05) is 0 Å². The molecular weight excluding hydrogens is 88.1 g/mol. The lowest BCUT2D eigenvalue weighted by molar-refractivity contribution is 1.19. The lowest BCUT2D eigenvalue weighted by atomic mass is 10.7. The van der Waals surface area contributed by atoms with Crippen LogP contribution in [-0.4, -0.2) is 6.21 Å². The normalized spacial score (nSPS) is 22.9. The van der Waals surface area contributed by atoms with Gasteiger partial charge in [0.25, 0.3) is 0 Å². The predicted molar refractivity (Wildman–Crippen MR) is 29.9 cm³/mol. The summed E-state index contributed by atoms with van der Waals surface area (Å²) in [7, 11) is 0. The third kappa shape index (κ3) is 1.22. The molecule has 0 saturated carbocycles. The highest BCUT2D eigenvalue weighted by Gasteiger charge is 1.68. The molecule has 1 aliphatic rings. The van der Waals surface area contributed by atoms with E-state index in [0.717, 1.165) is 5.31 Å². The highest BCUT2D eigenvalue weighted by Crippen LogP contribution is 1.75. The van der Waals surface area contributed by atoms with E-state index in [1.54, 1.807) is 6.08 Å². The van der Waals surface area contributed by atoms with Crippen LogP contribution in [0.3, 0.4) is 0 Å². The summed E-state index contributed by atoms with van der Waals surface area (Å²) in [5, 5.41) is 1.04. The molecule has 0 spiro atoms. The van der Waals surface area contributed by atoms with Crippen LogP contribution in [0, 0.1) is 0 Å². The summed E-state index contributed by atoms with van der Waals surface area (Å²) in [4.78, 5) is 3.63. The van der Waals surface area contributed by atoms with Crippen molar-refractivity contribution < 1.29 is 2.78 Å². The minimum absolute atomic E-state index is 0.0926. The number of allylic oxidation sites excluding steroid dienone is 1. The summed E-state index contributed by atoms with van der Waals surface area (Å²) in [6.07, 6.45) is 5.98. The van der Waals surface area contributed by atoms with E-state index in [1.807, 2.05) is 0 Å². The largest absolute Gasteiger partial charge is 0.366 e. The Hall–Kier alpha value is -1.05. The molecule has 0 aromatic heterocycles. The molecule has 2 heteroatoms. The Balaban J connectivity index is 2.77. The zero-order chi connectivity index (χ0) is 6.69. The molecule has 1 N–H and O–H groups in total. The van der Waals surface area contributed by atoms with Gasteiger partial charge in [-0.15, -0.1) is 0 Å². The minimum Gasteiger partial charge on any atom is -0.366 e. The van der Waals surface area contributed by atoms with E-state index in [-0.39, 0.29) is 6.18 Å². The second-order valence-electron chi connectivity index (χ2n) is 1.03. The van der Waals surface area contributed by atoms with Gasteiger partial charge in [0, 0.05) is 24.8 Å². The molecule has 0 unspecified atom stereocenters. The molecule has 1 rings (SSSR count). The van der Waals surface area contributed by atoms with Crippen molar-refractivity contribution in [1.82, 2.24) is 5.31 Å². The SMILES string of the molecule is [2H]C1=CN([2H])C=CC=N1. The molecule has 1 heterocycles. The fourth-order valence-corrected chi connectivity index (χ4v) is 0.284. The molecular formula is C5H6N2. The fraction of sp³-hybridized carbons (Fsp3) is 0. The first-order chi connectivity index (χ1) is 4.29. The molecule has 1 aliphatic heterocycles. The van der Waals surface area contributed by atoms with E-state index >= 15 is 0 Å². The Morgan fingerprint density at radius 2 is 2.71 bits per heavy atom.